The molecule has 0 bridgehead atoms. The third-order valence-electron chi connectivity index (χ3n) is 4.17. The third-order valence-corrected chi connectivity index (χ3v) is 5.25. The van der Waals surface area contributed by atoms with Gasteiger partial charge in [-0.05, 0) is 32.6 Å². The molecule has 4 heteroatoms. The molecule has 3 rings (SSSR count). The lowest BCUT2D eigenvalue weighted by Crippen LogP contribution is -2.32. The molecule has 0 atom stereocenters. The molecule has 2 fully saturated rings. The summed E-state index contributed by atoms with van der Waals surface area (Å²) in [6, 6.07) is 0.751. The van der Waals surface area contributed by atoms with E-state index in [0.29, 0.717) is 0 Å². The van der Waals surface area contributed by atoms with Crippen molar-refractivity contribution in [2.45, 2.75) is 70.1 Å². The van der Waals surface area contributed by atoms with Crippen LogP contribution in [0.3, 0.4) is 0 Å². The van der Waals surface area contributed by atoms with Crippen LogP contribution in [-0.4, -0.2) is 17.6 Å². The van der Waals surface area contributed by atoms with Gasteiger partial charge in [0.05, 0.1) is 5.69 Å². The lowest BCUT2D eigenvalue weighted by Gasteiger charge is -2.35. The van der Waals surface area contributed by atoms with Crippen LogP contribution in [0, 0.1) is 0 Å². The molecule has 2 aliphatic carbocycles. The highest BCUT2D eigenvalue weighted by atomic mass is 32.1. The van der Waals surface area contributed by atoms with Crippen molar-refractivity contribution in [1.29, 1.82) is 0 Å². The van der Waals surface area contributed by atoms with E-state index in [4.69, 9.17) is 9.72 Å². The van der Waals surface area contributed by atoms with Crippen LogP contribution in [0.1, 0.15) is 62.6 Å². The Labute approximate surface area is 119 Å². The molecule has 0 unspecified atom stereocenters. The van der Waals surface area contributed by atoms with Gasteiger partial charge in [-0.15, -0.1) is 11.3 Å². The maximum absolute atomic E-state index is 6.14. The van der Waals surface area contributed by atoms with Gasteiger partial charge in [-0.2, -0.15) is 0 Å². The normalized spacial score (nSPS) is 22.6. The maximum Gasteiger partial charge on any atom is 0.125 e. The van der Waals surface area contributed by atoms with Gasteiger partial charge in [0.2, 0.25) is 0 Å². The van der Waals surface area contributed by atoms with Crippen LogP contribution in [0.25, 0.3) is 0 Å². The topological polar surface area (TPSA) is 34.1 Å². The highest BCUT2D eigenvalue weighted by molar-refractivity contribution is 7.09. The number of hydrogen-bond acceptors (Lipinski definition) is 4. The molecule has 2 saturated carbocycles. The molecule has 1 heterocycles. The minimum Gasteiger partial charge on any atom is -0.368 e. The lowest BCUT2D eigenvalue weighted by molar-refractivity contribution is -0.0705. The van der Waals surface area contributed by atoms with Gasteiger partial charge in [0.15, 0.2) is 0 Å². The molecular weight excluding hydrogens is 256 g/mol. The fourth-order valence-electron chi connectivity index (χ4n) is 2.95. The van der Waals surface area contributed by atoms with E-state index in [2.05, 4.69) is 17.6 Å². The zero-order valence-corrected chi connectivity index (χ0v) is 12.6. The fourth-order valence-corrected chi connectivity index (χ4v) is 3.98. The van der Waals surface area contributed by atoms with Crippen molar-refractivity contribution in [3.8, 4) is 0 Å². The molecule has 1 N–H and O–H groups in total. The number of rotatable bonds is 6. The van der Waals surface area contributed by atoms with Crippen molar-refractivity contribution in [1.82, 2.24) is 10.3 Å². The van der Waals surface area contributed by atoms with Crippen molar-refractivity contribution in [2.24, 2.45) is 0 Å². The minimum atomic E-state index is -0.0739. The first kappa shape index (κ1) is 13.5. The van der Waals surface area contributed by atoms with Crippen molar-refractivity contribution >= 4 is 11.3 Å². The predicted octanol–water partition coefficient (Wildman–Crippen LogP) is 3.59. The van der Waals surface area contributed by atoms with Gasteiger partial charge in [0.25, 0.3) is 0 Å². The van der Waals surface area contributed by atoms with Gasteiger partial charge >= 0.3 is 0 Å². The van der Waals surface area contributed by atoms with Gasteiger partial charge < -0.3 is 10.1 Å². The van der Waals surface area contributed by atoms with Crippen LogP contribution in [0.15, 0.2) is 5.38 Å². The highest BCUT2D eigenvalue weighted by Gasteiger charge is 2.37. The van der Waals surface area contributed by atoms with Gasteiger partial charge in [0.1, 0.15) is 10.6 Å². The smallest absolute Gasteiger partial charge is 0.125 e. The molecule has 1 aromatic rings. The summed E-state index contributed by atoms with van der Waals surface area (Å²) in [5.41, 5.74) is 1.12. The second-order valence-electron chi connectivity index (χ2n) is 5.79. The zero-order valence-electron chi connectivity index (χ0n) is 11.8. The van der Waals surface area contributed by atoms with E-state index >= 15 is 0 Å². The minimum absolute atomic E-state index is 0.0739. The molecule has 0 radical (unpaired) electrons. The van der Waals surface area contributed by atoms with E-state index < -0.39 is 0 Å². The molecule has 0 aliphatic heterocycles. The summed E-state index contributed by atoms with van der Waals surface area (Å²) in [5.74, 6) is 0. The van der Waals surface area contributed by atoms with E-state index in [9.17, 15) is 0 Å². The van der Waals surface area contributed by atoms with Crippen LogP contribution in [-0.2, 0) is 16.9 Å². The summed E-state index contributed by atoms with van der Waals surface area (Å²) in [6.07, 6.45) is 8.84. The Hall–Kier alpha value is -0.450. The van der Waals surface area contributed by atoms with E-state index in [1.54, 1.807) is 11.3 Å². The van der Waals surface area contributed by atoms with Crippen molar-refractivity contribution in [3.63, 3.8) is 0 Å². The molecule has 1 aromatic heterocycles. The standard InChI is InChI=1S/C15H24N2OS/c1-2-18-15(8-4-3-5-9-15)14-17-13(11-19-14)10-16-12-6-7-12/h11-12,16H,2-10H2,1H3. The summed E-state index contributed by atoms with van der Waals surface area (Å²) in [5, 5.41) is 6.96. The van der Waals surface area contributed by atoms with Crippen LogP contribution >= 0.6 is 11.3 Å². The Morgan fingerprint density at radius 3 is 2.84 bits per heavy atom. The predicted molar refractivity (Wildman–Crippen MR) is 78.4 cm³/mol. The molecule has 0 aromatic carbocycles. The average molecular weight is 280 g/mol. The lowest BCUT2D eigenvalue weighted by atomic mass is 9.85. The zero-order chi connectivity index (χ0) is 13.1. The maximum atomic E-state index is 6.14. The van der Waals surface area contributed by atoms with E-state index in [-0.39, 0.29) is 5.60 Å². The van der Waals surface area contributed by atoms with Crippen LogP contribution < -0.4 is 5.32 Å². The summed E-state index contributed by atoms with van der Waals surface area (Å²) in [4.78, 5) is 4.86. The molecule has 106 valence electrons. The second kappa shape index (κ2) is 5.90. The van der Waals surface area contributed by atoms with Gasteiger partial charge in [-0.1, -0.05) is 19.3 Å². The first-order valence-electron chi connectivity index (χ1n) is 7.65. The Balaban J connectivity index is 1.70. The Kier molecular flexibility index (Phi) is 4.20. The van der Waals surface area contributed by atoms with Crippen LogP contribution in [0.5, 0.6) is 0 Å². The van der Waals surface area contributed by atoms with E-state index in [1.807, 2.05) is 0 Å². The monoisotopic (exact) mass is 280 g/mol. The first-order valence-corrected chi connectivity index (χ1v) is 8.52. The van der Waals surface area contributed by atoms with Crippen molar-refractivity contribution in [2.75, 3.05) is 6.61 Å². The molecule has 0 saturated heterocycles. The van der Waals surface area contributed by atoms with Gasteiger partial charge in [-0.25, -0.2) is 4.98 Å². The van der Waals surface area contributed by atoms with Gasteiger partial charge in [0, 0.05) is 24.6 Å². The number of thiazole rings is 1. The Bertz CT molecular complexity index is 403. The third kappa shape index (κ3) is 3.18. The number of nitrogens with one attached hydrogen (secondary N) is 1. The highest BCUT2D eigenvalue weighted by Crippen LogP contribution is 2.41. The summed E-state index contributed by atoms with van der Waals surface area (Å²) in [7, 11) is 0. The Morgan fingerprint density at radius 1 is 1.37 bits per heavy atom. The van der Waals surface area contributed by atoms with Gasteiger partial charge in [-0.3, -0.25) is 0 Å². The Morgan fingerprint density at radius 2 is 2.16 bits per heavy atom. The van der Waals surface area contributed by atoms with E-state index in [0.717, 1.165) is 32.0 Å². The number of hydrogen-bond donors (Lipinski definition) is 1. The molecule has 19 heavy (non-hydrogen) atoms. The number of ether oxygens (including phenoxy) is 1. The first-order chi connectivity index (χ1) is 9.32. The number of aromatic nitrogens is 1. The van der Waals surface area contributed by atoms with Crippen LogP contribution in [0.2, 0.25) is 0 Å². The SMILES string of the molecule is CCOC1(c2nc(CNC3CC3)cs2)CCCCC1. The second-order valence-corrected chi connectivity index (χ2v) is 6.65. The van der Waals surface area contributed by atoms with Crippen molar-refractivity contribution < 1.29 is 4.74 Å². The molecule has 0 spiro atoms. The fraction of sp³-hybridized carbons (Fsp3) is 0.800. The summed E-state index contributed by atoms with van der Waals surface area (Å²) >= 11 is 1.79. The average Bonchev–Trinajstić information content (AvgIpc) is 3.14. The molecular formula is C15H24N2OS. The molecule has 2 aliphatic rings. The molecule has 3 nitrogen and oxygen atoms in total. The summed E-state index contributed by atoms with van der Waals surface area (Å²) < 4.78 is 6.14. The van der Waals surface area contributed by atoms with Crippen LogP contribution in [0.4, 0.5) is 0 Å². The van der Waals surface area contributed by atoms with Crippen molar-refractivity contribution in [3.05, 3.63) is 16.1 Å². The summed E-state index contributed by atoms with van der Waals surface area (Å²) in [6.45, 7) is 3.80. The number of nitrogens with zero attached hydrogens (tertiary/aromatic N) is 1. The molecule has 0 amide bonds. The quantitative estimate of drug-likeness (QED) is 0.864. The van der Waals surface area contributed by atoms with E-state index in [1.165, 1.54) is 42.8 Å². The largest absolute Gasteiger partial charge is 0.368 e.